The van der Waals surface area contributed by atoms with Crippen molar-refractivity contribution in [2.45, 2.75) is 12.5 Å². The predicted molar refractivity (Wildman–Crippen MR) is 66.7 cm³/mol. The zero-order valence-corrected chi connectivity index (χ0v) is 9.48. The van der Waals surface area contributed by atoms with Crippen LogP contribution in [0.2, 0.25) is 0 Å². The van der Waals surface area contributed by atoms with Gasteiger partial charge in [0.05, 0.1) is 5.52 Å². The molecule has 6 heteroatoms. The molecular formula is C12H13F2N3O. The monoisotopic (exact) mass is 253 g/mol. The van der Waals surface area contributed by atoms with Gasteiger partial charge in [0.1, 0.15) is 6.10 Å². The summed E-state index contributed by atoms with van der Waals surface area (Å²) in [6.07, 6.45) is -2.90. The fraction of sp³-hybridized carbons (Fsp3) is 0.250. The van der Waals surface area contributed by atoms with Gasteiger partial charge in [0, 0.05) is 29.5 Å². The molecule has 4 N–H and O–H groups in total. The first kappa shape index (κ1) is 12.5. The third kappa shape index (κ3) is 2.65. The molecule has 18 heavy (non-hydrogen) atoms. The van der Waals surface area contributed by atoms with Gasteiger partial charge in [0.15, 0.2) is 0 Å². The first-order valence-electron chi connectivity index (χ1n) is 5.42. The molecule has 1 unspecified atom stereocenters. The molecule has 0 aliphatic rings. The summed E-state index contributed by atoms with van der Waals surface area (Å²) in [7, 11) is 0. The number of pyridine rings is 1. The average molecular weight is 253 g/mol. The van der Waals surface area contributed by atoms with Crippen LogP contribution in [0.1, 0.15) is 0 Å². The van der Waals surface area contributed by atoms with E-state index in [1.165, 1.54) is 0 Å². The van der Waals surface area contributed by atoms with Crippen LogP contribution < -0.4 is 11.1 Å². The van der Waals surface area contributed by atoms with E-state index in [1.54, 1.807) is 30.5 Å². The van der Waals surface area contributed by atoms with Crippen LogP contribution in [0.5, 0.6) is 0 Å². The number of halogens is 2. The summed E-state index contributed by atoms with van der Waals surface area (Å²) in [6.45, 7) is -0.221. The molecule has 1 aromatic carbocycles. The largest absolute Gasteiger partial charge is 0.399 e. The number of nitrogens with two attached hydrogens (primary N) is 1. The molecule has 2 aromatic rings. The maximum Gasteiger partial charge on any atom is 0.265 e. The van der Waals surface area contributed by atoms with E-state index in [4.69, 9.17) is 10.8 Å². The highest BCUT2D eigenvalue weighted by Gasteiger charge is 2.16. The minimum Gasteiger partial charge on any atom is -0.399 e. The standard InChI is InChI=1S/C12H13F2N3O/c13-12(14)11(18)6-17-9-3-4-16-10-5-7(15)1-2-8(9)10/h1-5,11-12,18H,6,15H2,(H,16,17). The fourth-order valence-corrected chi connectivity index (χ4v) is 1.62. The Kier molecular flexibility index (Phi) is 3.57. The Labute approximate surface area is 102 Å². The molecule has 0 spiro atoms. The lowest BCUT2D eigenvalue weighted by atomic mass is 10.1. The second-order valence-corrected chi connectivity index (χ2v) is 3.92. The maximum atomic E-state index is 12.2. The van der Waals surface area contributed by atoms with Crippen molar-refractivity contribution < 1.29 is 13.9 Å². The van der Waals surface area contributed by atoms with E-state index in [-0.39, 0.29) is 6.54 Å². The Morgan fingerprint density at radius 3 is 2.83 bits per heavy atom. The topological polar surface area (TPSA) is 71.2 Å². The zero-order chi connectivity index (χ0) is 13.1. The number of benzene rings is 1. The summed E-state index contributed by atoms with van der Waals surface area (Å²) >= 11 is 0. The lowest BCUT2D eigenvalue weighted by Crippen LogP contribution is -2.26. The van der Waals surface area contributed by atoms with Crippen molar-refractivity contribution in [1.29, 1.82) is 0 Å². The number of aliphatic hydroxyl groups excluding tert-OH is 1. The summed E-state index contributed by atoms with van der Waals surface area (Å²) in [5, 5.41) is 12.6. The van der Waals surface area contributed by atoms with E-state index in [9.17, 15) is 8.78 Å². The predicted octanol–water partition coefficient (Wildman–Crippen LogP) is 1.85. The SMILES string of the molecule is Nc1ccc2c(NCC(O)C(F)F)ccnc2c1. The Morgan fingerprint density at radius 2 is 2.11 bits per heavy atom. The first-order chi connectivity index (χ1) is 8.58. The number of fused-ring (bicyclic) bond motifs is 1. The lowest BCUT2D eigenvalue weighted by Gasteiger charge is -2.13. The van der Waals surface area contributed by atoms with Crippen LogP contribution >= 0.6 is 0 Å². The van der Waals surface area contributed by atoms with Gasteiger partial charge in [-0.15, -0.1) is 0 Å². The molecular weight excluding hydrogens is 240 g/mol. The first-order valence-corrected chi connectivity index (χ1v) is 5.42. The van der Waals surface area contributed by atoms with Gasteiger partial charge in [-0.1, -0.05) is 0 Å². The van der Waals surface area contributed by atoms with Crippen LogP contribution in [-0.2, 0) is 0 Å². The minimum atomic E-state index is -2.76. The van der Waals surface area contributed by atoms with Crippen LogP contribution in [-0.4, -0.2) is 29.2 Å². The molecule has 2 rings (SSSR count). The number of anilines is 2. The highest BCUT2D eigenvalue weighted by molar-refractivity contribution is 5.92. The molecule has 0 fully saturated rings. The van der Waals surface area contributed by atoms with Crippen molar-refractivity contribution in [2.75, 3.05) is 17.6 Å². The van der Waals surface area contributed by atoms with Gasteiger partial charge >= 0.3 is 0 Å². The van der Waals surface area contributed by atoms with E-state index >= 15 is 0 Å². The highest BCUT2D eigenvalue weighted by atomic mass is 19.3. The normalized spacial score (nSPS) is 12.9. The lowest BCUT2D eigenvalue weighted by molar-refractivity contribution is 0.00386. The molecule has 0 amide bonds. The Hall–Kier alpha value is -1.95. The van der Waals surface area contributed by atoms with Gasteiger partial charge in [0.2, 0.25) is 0 Å². The molecule has 0 aliphatic carbocycles. The molecule has 1 heterocycles. The number of hydrogen-bond acceptors (Lipinski definition) is 4. The second kappa shape index (κ2) is 5.14. The highest BCUT2D eigenvalue weighted by Crippen LogP contribution is 2.23. The minimum absolute atomic E-state index is 0.221. The number of rotatable bonds is 4. The molecule has 1 aromatic heterocycles. The van der Waals surface area contributed by atoms with Crippen LogP contribution in [0.25, 0.3) is 10.9 Å². The zero-order valence-electron chi connectivity index (χ0n) is 9.48. The number of nitrogen functional groups attached to an aromatic ring is 1. The number of hydrogen-bond donors (Lipinski definition) is 3. The second-order valence-electron chi connectivity index (χ2n) is 3.92. The van der Waals surface area contributed by atoms with Crippen molar-refractivity contribution in [1.82, 2.24) is 4.98 Å². The van der Waals surface area contributed by atoms with Crippen LogP contribution in [0.15, 0.2) is 30.5 Å². The van der Waals surface area contributed by atoms with E-state index in [2.05, 4.69) is 10.3 Å². The third-order valence-corrected chi connectivity index (χ3v) is 2.56. The van der Waals surface area contributed by atoms with Crippen LogP contribution in [0, 0.1) is 0 Å². The Bertz CT molecular complexity index is 548. The fourth-order valence-electron chi connectivity index (χ4n) is 1.62. The maximum absolute atomic E-state index is 12.2. The summed E-state index contributed by atoms with van der Waals surface area (Å²) < 4.78 is 24.4. The van der Waals surface area contributed by atoms with Crippen molar-refractivity contribution >= 4 is 22.3 Å². The third-order valence-electron chi connectivity index (χ3n) is 2.56. The summed E-state index contributed by atoms with van der Waals surface area (Å²) in [5.74, 6) is 0. The van der Waals surface area contributed by atoms with Gasteiger partial charge < -0.3 is 16.2 Å². The van der Waals surface area contributed by atoms with Gasteiger partial charge in [0.25, 0.3) is 6.43 Å². The molecule has 0 aliphatic heterocycles. The summed E-state index contributed by atoms with van der Waals surface area (Å²) in [5.41, 5.74) is 7.53. The van der Waals surface area contributed by atoms with E-state index in [0.29, 0.717) is 16.9 Å². The van der Waals surface area contributed by atoms with Gasteiger partial charge in [-0.05, 0) is 24.3 Å². The molecule has 1 atom stereocenters. The number of nitrogens with zero attached hydrogens (tertiary/aromatic N) is 1. The van der Waals surface area contributed by atoms with Crippen molar-refractivity contribution in [2.24, 2.45) is 0 Å². The van der Waals surface area contributed by atoms with Gasteiger partial charge in [-0.25, -0.2) is 8.78 Å². The van der Waals surface area contributed by atoms with E-state index in [0.717, 1.165) is 5.39 Å². The number of alkyl halides is 2. The van der Waals surface area contributed by atoms with Gasteiger partial charge in [-0.3, -0.25) is 4.98 Å². The van der Waals surface area contributed by atoms with Crippen molar-refractivity contribution in [3.63, 3.8) is 0 Å². The summed E-state index contributed by atoms with van der Waals surface area (Å²) in [4.78, 5) is 4.13. The molecule has 0 radical (unpaired) electrons. The molecule has 0 saturated heterocycles. The molecule has 96 valence electrons. The smallest absolute Gasteiger partial charge is 0.265 e. The Balaban J connectivity index is 2.23. The number of nitrogens with one attached hydrogen (secondary N) is 1. The molecule has 0 bridgehead atoms. The summed E-state index contributed by atoms with van der Waals surface area (Å²) in [6, 6.07) is 6.83. The Morgan fingerprint density at radius 1 is 1.33 bits per heavy atom. The van der Waals surface area contributed by atoms with Crippen LogP contribution in [0.4, 0.5) is 20.2 Å². The molecule has 4 nitrogen and oxygen atoms in total. The van der Waals surface area contributed by atoms with Crippen molar-refractivity contribution in [3.05, 3.63) is 30.5 Å². The van der Waals surface area contributed by atoms with E-state index in [1.807, 2.05) is 0 Å². The van der Waals surface area contributed by atoms with Crippen molar-refractivity contribution in [3.8, 4) is 0 Å². The van der Waals surface area contributed by atoms with Crippen LogP contribution in [0.3, 0.4) is 0 Å². The van der Waals surface area contributed by atoms with E-state index < -0.39 is 12.5 Å². The average Bonchev–Trinajstić information content (AvgIpc) is 2.35. The number of aromatic nitrogens is 1. The quantitative estimate of drug-likeness (QED) is 0.727. The molecule has 0 saturated carbocycles. The number of aliphatic hydroxyl groups is 1. The van der Waals surface area contributed by atoms with Gasteiger partial charge in [-0.2, -0.15) is 0 Å².